The third-order valence-electron chi connectivity index (χ3n) is 3.23. The van der Waals surface area contributed by atoms with Crippen LogP contribution in [-0.4, -0.2) is 19.0 Å². The van der Waals surface area contributed by atoms with Crippen molar-refractivity contribution < 1.29 is 14.3 Å². The summed E-state index contributed by atoms with van der Waals surface area (Å²) in [6.45, 7) is 4.29. The van der Waals surface area contributed by atoms with Crippen LogP contribution in [0.1, 0.15) is 28.4 Å². The molecule has 1 unspecified atom stereocenters. The first-order chi connectivity index (χ1) is 10.1. The molecule has 0 bridgehead atoms. The van der Waals surface area contributed by atoms with E-state index in [1.807, 2.05) is 55.5 Å². The van der Waals surface area contributed by atoms with Gasteiger partial charge in [-0.15, -0.1) is 0 Å². The summed E-state index contributed by atoms with van der Waals surface area (Å²) in [7, 11) is 1.65. The summed E-state index contributed by atoms with van der Waals surface area (Å²) in [4.78, 5) is 12.3. The van der Waals surface area contributed by atoms with Crippen molar-refractivity contribution in [1.29, 1.82) is 0 Å². The molecular formula is C18H20O3. The van der Waals surface area contributed by atoms with E-state index in [0.29, 0.717) is 17.9 Å². The average molecular weight is 284 g/mol. The van der Waals surface area contributed by atoms with Gasteiger partial charge in [0.1, 0.15) is 5.75 Å². The van der Waals surface area contributed by atoms with Crippen molar-refractivity contribution in [2.45, 2.75) is 26.6 Å². The lowest BCUT2D eigenvalue weighted by Crippen LogP contribution is -2.23. The molecule has 2 rings (SSSR count). The number of methoxy groups -OCH3 is 1. The highest BCUT2D eigenvalue weighted by Gasteiger charge is 2.16. The van der Waals surface area contributed by atoms with E-state index in [0.717, 1.165) is 11.1 Å². The van der Waals surface area contributed by atoms with Crippen LogP contribution in [0, 0.1) is 6.92 Å². The van der Waals surface area contributed by atoms with E-state index in [1.54, 1.807) is 14.0 Å². The molecule has 2 aromatic rings. The molecule has 110 valence electrons. The van der Waals surface area contributed by atoms with Gasteiger partial charge in [0.25, 0.3) is 0 Å². The van der Waals surface area contributed by atoms with Gasteiger partial charge in [-0.3, -0.25) is 4.79 Å². The molecule has 3 nitrogen and oxygen atoms in total. The lowest BCUT2D eigenvalue weighted by molar-refractivity contribution is 0.0817. The smallest absolute Gasteiger partial charge is 0.202 e. The topological polar surface area (TPSA) is 35.5 Å². The van der Waals surface area contributed by atoms with Gasteiger partial charge in [-0.1, -0.05) is 42.0 Å². The second kappa shape index (κ2) is 7.04. The molecule has 0 radical (unpaired) electrons. The van der Waals surface area contributed by atoms with E-state index < -0.39 is 6.10 Å². The van der Waals surface area contributed by atoms with Crippen molar-refractivity contribution in [2.75, 3.05) is 7.11 Å². The Labute approximate surface area is 125 Å². The van der Waals surface area contributed by atoms with Crippen LogP contribution in [0.15, 0.2) is 48.5 Å². The number of carbonyl (C=O) groups excluding carboxylic acids is 1. The molecule has 0 aliphatic rings. The van der Waals surface area contributed by atoms with Crippen molar-refractivity contribution in [3.8, 4) is 5.75 Å². The number of ketones is 1. The lowest BCUT2D eigenvalue weighted by atomic mass is 10.1. The zero-order valence-corrected chi connectivity index (χ0v) is 12.6. The average Bonchev–Trinajstić information content (AvgIpc) is 2.48. The molecule has 21 heavy (non-hydrogen) atoms. The first-order valence-corrected chi connectivity index (χ1v) is 6.95. The van der Waals surface area contributed by atoms with Crippen LogP contribution in [0.4, 0.5) is 0 Å². The van der Waals surface area contributed by atoms with Gasteiger partial charge < -0.3 is 9.47 Å². The van der Waals surface area contributed by atoms with Crippen LogP contribution in [-0.2, 0) is 11.3 Å². The minimum Gasteiger partial charge on any atom is -0.483 e. The van der Waals surface area contributed by atoms with E-state index in [2.05, 4.69) is 0 Å². The molecule has 0 amide bonds. The maximum atomic E-state index is 12.3. The zero-order chi connectivity index (χ0) is 15.2. The largest absolute Gasteiger partial charge is 0.483 e. The Kier molecular flexibility index (Phi) is 5.12. The fourth-order valence-electron chi connectivity index (χ4n) is 2.09. The zero-order valence-electron chi connectivity index (χ0n) is 12.6. The number of aryl methyl sites for hydroxylation is 1. The molecule has 0 aliphatic heterocycles. The second-order valence-electron chi connectivity index (χ2n) is 5.07. The fourth-order valence-corrected chi connectivity index (χ4v) is 2.09. The molecule has 0 saturated heterocycles. The van der Waals surface area contributed by atoms with E-state index in [4.69, 9.17) is 9.47 Å². The monoisotopic (exact) mass is 284 g/mol. The Morgan fingerprint density at radius 1 is 1.14 bits per heavy atom. The number of benzene rings is 2. The van der Waals surface area contributed by atoms with Crippen LogP contribution in [0.5, 0.6) is 5.75 Å². The summed E-state index contributed by atoms with van der Waals surface area (Å²) in [5.74, 6) is 0.657. The van der Waals surface area contributed by atoms with Crippen LogP contribution in [0.25, 0.3) is 0 Å². The van der Waals surface area contributed by atoms with Gasteiger partial charge in [-0.2, -0.15) is 0 Å². The van der Waals surface area contributed by atoms with Crippen LogP contribution >= 0.6 is 0 Å². The molecule has 3 heteroatoms. The van der Waals surface area contributed by atoms with E-state index in [9.17, 15) is 4.79 Å². The standard InChI is InChI=1S/C18H20O3/c1-13-7-9-16(10-8-13)18(19)14(2)21-17-6-4-5-15(11-17)12-20-3/h4-11,14H,12H2,1-3H3. The highest BCUT2D eigenvalue weighted by molar-refractivity contribution is 5.99. The van der Waals surface area contributed by atoms with Crippen molar-refractivity contribution in [1.82, 2.24) is 0 Å². The quantitative estimate of drug-likeness (QED) is 0.757. The minimum atomic E-state index is -0.523. The van der Waals surface area contributed by atoms with Crippen molar-refractivity contribution in [2.24, 2.45) is 0 Å². The molecule has 0 fully saturated rings. The number of hydrogen-bond acceptors (Lipinski definition) is 3. The summed E-state index contributed by atoms with van der Waals surface area (Å²) in [5.41, 5.74) is 2.82. The summed E-state index contributed by atoms with van der Waals surface area (Å²) in [6, 6.07) is 15.1. The molecule has 0 saturated carbocycles. The van der Waals surface area contributed by atoms with E-state index in [1.165, 1.54) is 0 Å². The molecule has 0 aromatic heterocycles. The van der Waals surface area contributed by atoms with E-state index in [-0.39, 0.29) is 5.78 Å². The predicted molar refractivity (Wildman–Crippen MR) is 82.8 cm³/mol. The van der Waals surface area contributed by atoms with Gasteiger partial charge in [-0.05, 0) is 31.5 Å². The molecule has 1 atom stereocenters. The first-order valence-electron chi connectivity index (χ1n) is 6.95. The van der Waals surface area contributed by atoms with Gasteiger partial charge in [0, 0.05) is 12.7 Å². The highest BCUT2D eigenvalue weighted by Crippen LogP contribution is 2.17. The lowest BCUT2D eigenvalue weighted by Gasteiger charge is -2.14. The summed E-state index contributed by atoms with van der Waals surface area (Å²) in [6.07, 6.45) is -0.523. The molecule has 0 N–H and O–H groups in total. The molecule has 0 spiro atoms. The number of hydrogen-bond donors (Lipinski definition) is 0. The molecule has 2 aromatic carbocycles. The van der Waals surface area contributed by atoms with Crippen molar-refractivity contribution in [3.05, 3.63) is 65.2 Å². The van der Waals surface area contributed by atoms with Crippen LogP contribution < -0.4 is 4.74 Å². The van der Waals surface area contributed by atoms with E-state index >= 15 is 0 Å². The Hall–Kier alpha value is -2.13. The first kappa shape index (κ1) is 15.3. The Balaban J connectivity index is 2.06. The third-order valence-corrected chi connectivity index (χ3v) is 3.23. The Bertz CT molecular complexity index is 602. The SMILES string of the molecule is COCc1cccc(OC(C)C(=O)c2ccc(C)cc2)c1. The van der Waals surface area contributed by atoms with Gasteiger partial charge in [0.2, 0.25) is 5.78 Å². The van der Waals surface area contributed by atoms with Crippen molar-refractivity contribution in [3.63, 3.8) is 0 Å². The summed E-state index contributed by atoms with van der Waals surface area (Å²) in [5, 5.41) is 0. The van der Waals surface area contributed by atoms with Crippen molar-refractivity contribution >= 4 is 5.78 Å². The maximum Gasteiger partial charge on any atom is 0.202 e. The highest BCUT2D eigenvalue weighted by atomic mass is 16.5. The van der Waals surface area contributed by atoms with Crippen LogP contribution in [0.2, 0.25) is 0 Å². The maximum absolute atomic E-state index is 12.3. The number of ether oxygens (including phenoxy) is 2. The van der Waals surface area contributed by atoms with Crippen LogP contribution in [0.3, 0.4) is 0 Å². The number of Topliss-reactive ketones (excluding diaryl/α,β-unsaturated/α-hetero) is 1. The normalized spacial score (nSPS) is 12.0. The summed E-state index contributed by atoms with van der Waals surface area (Å²) >= 11 is 0. The van der Waals surface area contributed by atoms with Gasteiger partial charge in [0.15, 0.2) is 6.10 Å². The number of rotatable bonds is 6. The summed E-state index contributed by atoms with van der Waals surface area (Å²) < 4.78 is 10.8. The fraction of sp³-hybridized carbons (Fsp3) is 0.278. The Morgan fingerprint density at radius 3 is 2.52 bits per heavy atom. The second-order valence-corrected chi connectivity index (χ2v) is 5.07. The Morgan fingerprint density at radius 2 is 1.86 bits per heavy atom. The molecular weight excluding hydrogens is 264 g/mol. The van der Waals surface area contributed by atoms with Gasteiger partial charge >= 0.3 is 0 Å². The minimum absolute atomic E-state index is 0.0212. The van der Waals surface area contributed by atoms with Gasteiger partial charge in [0.05, 0.1) is 6.61 Å². The molecule has 0 heterocycles. The third kappa shape index (κ3) is 4.17. The predicted octanol–water partition coefficient (Wildman–Crippen LogP) is 3.79. The number of carbonyl (C=O) groups is 1. The molecule has 0 aliphatic carbocycles. The van der Waals surface area contributed by atoms with Gasteiger partial charge in [-0.25, -0.2) is 0 Å².